The van der Waals surface area contributed by atoms with Gasteiger partial charge in [0, 0.05) is 13.1 Å². The van der Waals surface area contributed by atoms with E-state index >= 15 is 0 Å². The van der Waals surface area contributed by atoms with Gasteiger partial charge in [0.25, 0.3) is 21.8 Å². The average molecular weight is 515 g/mol. The molecule has 1 N–H and O–H groups in total. The molecule has 168 valence electrons. The van der Waals surface area contributed by atoms with Crippen molar-refractivity contribution in [2.75, 3.05) is 22.7 Å². The van der Waals surface area contributed by atoms with Gasteiger partial charge in [-0.25, -0.2) is 13.3 Å². The molecule has 2 aliphatic rings. The second kappa shape index (κ2) is 8.94. The fourth-order valence-electron chi connectivity index (χ4n) is 3.67. The largest absolute Gasteiger partial charge is 0.366 e. The van der Waals surface area contributed by atoms with E-state index in [-0.39, 0.29) is 32.0 Å². The second-order valence-corrected chi connectivity index (χ2v) is 10.3. The van der Waals surface area contributed by atoms with Gasteiger partial charge >= 0.3 is 0 Å². The molecular weight excluding hydrogens is 497 g/mol. The van der Waals surface area contributed by atoms with Crippen LogP contribution >= 0.6 is 34.8 Å². The highest BCUT2D eigenvalue weighted by Crippen LogP contribution is 2.33. The van der Waals surface area contributed by atoms with E-state index < -0.39 is 21.8 Å². The Morgan fingerprint density at radius 1 is 0.812 bits per heavy atom. The molecule has 11 heteroatoms. The maximum Gasteiger partial charge on any atom is 0.283 e. The molecule has 32 heavy (non-hydrogen) atoms. The van der Waals surface area contributed by atoms with Crippen LogP contribution in [0.15, 0.2) is 58.1 Å². The number of imide groups is 1. The summed E-state index contributed by atoms with van der Waals surface area (Å²) in [5, 5.41) is 0.396. The van der Waals surface area contributed by atoms with Crippen LogP contribution in [-0.2, 0) is 19.6 Å². The number of amides is 2. The van der Waals surface area contributed by atoms with E-state index in [1.807, 2.05) is 4.90 Å². The van der Waals surface area contributed by atoms with E-state index in [9.17, 15) is 18.0 Å². The lowest BCUT2D eigenvalue weighted by Crippen LogP contribution is -2.37. The predicted octanol–water partition coefficient (Wildman–Crippen LogP) is 4.60. The lowest BCUT2D eigenvalue weighted by molar-refractivity contribution is -0.121. The summed E-state index contributed by atoms with van der Waals surface area (Å²) < 4.78 is 27.8. The van der Waals surface area contributed by atoms with Gasteiger partial charge in [0.05, 0.1) is 26.3 Å². The third-order valence-electron chi connectivity index (χ3n) is 5.25. The number of rotatable bonds is 5. The highest BCUT2D eigenvalue weighted by molar-refractivity contribution is 7.92. The first-order valence-corrected chi connectivity index (χ1v) is 12.4. The van der Waals surface area contributed by atoms with Gasteiger partial charge in [-0.05, 0) is 61.7 Å². The molecule has 2 heterocycles. The highest BCUT2D eigenvalue weighted by atomic mass is 35.5. The molecule has 0 spiro atoms. The molecule has 4 rings (SSSR count). The smallest absolute Gasteiger partial charge is 0.283 e. The zero-order valence-corrected chi connectivity index (χ0v) is 19.7. The van der Waals surface area contributed by atoms with E-state index in [0.29, 0.717) is 18.1 Å². The molecule has 0 radical (unpaired) electrons. The normalized spacial score (nSPS) is 17.3. The van der Waals surface area contributed by atoms with Crippen molar-refractivity contribution in [3.8, 4) is 0 Å². The Balaban J connectivity index is 1.55. The Morgan fingerprint density at radius 3 is 2.09 bits per heavy atom. The highest BCUT2D eigenvalue weighted by Gasteiger charge is 2.41. The van der Waals surface area contributed by atoms with E-state index in [2.05, 4.69) is 4.72 Å². The molecular formula is C21H18Cl3N3O4S. The minimum atomic E-state index is -3.93. The van der Waals surface area contributed by atoms with Gasteiger partial charge in [0.2, 0.25) is 0 Å². The summed E-state index contributed by atoms with van der Waals surface area (Å²) in [5.41, 5.74) is 0.684. The molecule has 2 amide bonds. The molecule has 0 saturated carbocycles. The van der Waals surface area contributed by atoms with Crippen LogP contribution in [0.5, 0.6) is 0 Å². The van der Waals surface area contributed by atoms with Gasteiger partial charge in [0.1, 0.15) is 10.7 Å². The van der Waals surface area contributed by atoms with Crippen molar-refractivity contribution in [1.29, 1.82) is 0 Å². The Labute approximate surface area is 200 Å². The summed E-state index contributed by atoms with van der Waals surface area (Å²) >= 11 is 18.0. The standard InChI is InChI=1S/C21H18Cl3N3O4S/c22-16-9-4-13(12-17(16)23)25-32(30,31)15-7-5-14(6-8-15)27-20(28)18(24)19(21(27)29)26-10-2-1-3-11-26/h4-9,12,25H,1-3,10-11H2. The molecule has 7 nitrogen and oxygen atoms in total. The Morgan fingerprint density at radius 2 is 1.47 bits per heavy atom. The predicted molar refractivity (Wildman–Crippen MR) is 125 cm³/mol. The number of piperidine rings is 1. The molecule has 2 aromatic rings. The number of nitrogens with one attached hydrogen (secondary N) is 1. The van der Waals surface area contributed by atoms with Crippen LogP contribution in [0.25, 0.3) is 0 Å². The molecule has 0 atom stereocenters. The third-order valence-corrected chi connectivity index (χ3v) is 7.73. The van der Waals surface area contributed by atoms with Crippen molar-refractivity contribution < 1.29 is 18.0 Å². The molecule has 0 bridgehead atoms. The van der Waals surface area contributed by atoms with Crippen LogP contribution in [0.4, 0.5) is 11.4 Å². The van der Waals surface area contributed by atoms with Gasteiger partial charge in [0.15, 0.2) is 0 Å². The summed E-state index contributed by atoms with van der Waals surface area (Å²) in [6.07, 6.45) is 2.92. The number of nitrogens with zero attached hydrogens (tertiary/aromatic N) is 2. The number of sulfonamides is 1. The van der Waals surface area contributed by atoms with E-state index in [1.165, 1.54) is 42.5 Å². The van der Waals surface area contributed by atoms with Crippen molar-refractivity contribution in [2.24, 2.45) is 0 Å². The van der Waals surface area contributed by atoms with Gasteiger partial charge in [-0.2, -0.15) is 0 Å². The zero-order valence-electron chi connectivity index (χ0n) is 16.6. The summed E-state index contributed by atoms with van der Waals surface area (Å²) in [6.45, 7) is 1.33. The first kappa shape index (κ1) is 22.9. The van der Waals surface area contributed by atoms with Gasteiger partial charge < -0.3 is 4.90 Å². The monoisotopic (exact) mass is 513 g/mol. The minimum Gasteiger partial charge on any atom is -0.366 e. The van der Waals surface area contributed by atoms with Gasteiger partial charge in [-0.15, -0.1) is 0 Å². The quantitative estimate of drug-likeness (QED) is 0.589. The van der Waals surface area contributed by atoms with E-state index in [4.69, 9.17) is 34.8 Å². The van der Waals surface area contributed by atoms with Crippen molar-refractivity contribution in [2.45, 2.75) is 24.2 Å². The Hall–Kier alpha value is -2.26. The van der Waals surface area contributed by atoms with E-state index in [1.54, 1.807) is 0 Å². The zero-order chi connectivity index (χ0) is 23.0. The van der Waals surface area contributed by atoms with Crippen LogP contribution in [0.3, 0.4) is 0 Å². The summed E-state index contributed by atoms with van der Waals surface area (Å²) in [6, 6.07) is 9.76. The van der Waals surface area contributed by atoms with E-state index in [0.717, 1.165) is 24.2 Å². The summed E-state index contributed by atoms with van der Waals surface area (Å²) in [5.74, 6) is -1.13. The van der Waals surface area contributed by atoms with Crippen LogP contribution in [0, 0.1) is 0 Å². The SMILES string of the molecule is O=C1C(Cl)=C(N2CCCCC2)C(=O)N1c1ccc(S(=O)(=O)Nc2ccc(Cl)c(Cl)c2)cc1. The maximum atomic E-state index is 13.0. The van der Waals surface area contributed by atoms with Crippen molar-refractivity contribution in [3.63, 3.8) is 0 Å². The number of carbonyl (C=O) groups is 2. The number of anilines is 2. The summed E-state index contributed by atoms with van der Waals surface area (Å²) in [4.78, 5) is 28.4. The third kappa shape index (κ3) is 4.32. The first-order valence-electron chi connectivity index (χ1n) is 9.80. The van der Waals surface area contributed by atoms with Crippen LogP contribution < -0.4 is 9.62 Å². The molecule has 0 aromatic heterocycles. The van der Waals surface area contributed by atoms with Crippen molar-refractivity contribution in [3.05, 3.63) is 63.2 Å². The Kier molecular flexibility index (Phi) is 6.40. The molecule has 0 unspecified atom stereocenters. The van der Waals surface area contributed by atoms with Crippen molar-refractivity contribution >= 4 is 68.0 Å². The van der Waals surface area contributed by atoms with Crippen LogP contribution in [0.1, 0.15) is 19.3 Å². The number of hydrogen-bond acceptors (Lipinski definition) is 5. The lowest BCUT2D eigenvalue weighted by Gasteiger charge is -2.29. The number of carbonyl (C=O) groups excluding carboxylic acids is 2. The number of likely N-dealkylation sites (tertiary alicyclic amines) is 1. The second-order valence-electron chi connectivity index (χ2n) is 7.38. The van der Waals surface area contributed by atoms with Gasteiger partial charge in [-0.3, -0.25) is 14.3 Å². The topological polar surface area (TPSA) is 86.8 Å². The van der Waals surface area contributed by atoms with Crippen LogP contribution in [0.2, 0.25) is 10.0 Å². The number of benzene rings is 2. The maximum absolute atomic E-state index is 13.0. The number of hydrogen-bond donors (Lipinski definition) is 1. The minimum absolute atomic E-state index is 0.0540. The fraction of sp³-hybridized carbons (Fsp3) is 0.238. The Bertz CT molecular complexity index is 1220. The molecule has 1 fully saturated rings. The molecule has 2 aromatic carbocycles. The van der Waals surface area contributed by atoms with Gasteiger partial charge in [-0.1, -0.05) is 34.8 Å². The molecule has 2 aliphatic heterocycles. The first-order chi connectivity index (χ1) is 15.2. The van der Waals surface area contributed by atoms with Crippen molar-refractivity contribution in [1.82, 2.24) is 4.90 Å². The fourth-order valence-corrected chi connectivity index (χ4v) is 5.30. The molecule has 0 aliphatic carbocycles. The molecule has 1 saturated heterocycles. The van der Waals surface area contributed by atoms with Crippen LogP contribution in [-0.4, -0.2) is 38.2 Å². The number of halogens is 3. The average Bonchev–Trinajstić information content (AvgIpc) is 2.99. The summed E-state index contributed by atoms with van der Waals surface area (Å²) in [7, 11) is -3.93. The lowest BCUT2D eigenvalue weighted by atomic mass is 10.1.